The van der Waals surface area contributed by atoms with E-state index >= 15 is 0 Å². The first-order chi connectivity index (χ1) is 8.15. The van der Waals surface area contributed by atoms with Crippen LogP contribution in [0, 0.1) is 0 Å². The van der Waals surface area contributed by atoms with Crippen LogP contribution in [0.2, 0.25) is 0 Å². The summed E-state index contributed by atoms with van der Waals surface area (Å²) in [5.74, 6) is 0.412. The lowest BCUT2D eigenvalue weighted by atomic mass is 9.78. The number of ether oxygens (including phenoxy) is 2. The van der Waals surface area contributed by atoms with Crippen molar-refractivity contribution in [3.05, 3.63) is 29.8 Å². The molecule has 0 amide bonds. The topological polar surface area (TPSA) is 61.5 Å². The van der Waals surface area contributed by atoms with E-state index in [4.69, 9.17) is 15.2 Å². The number of hydrogen-bond acceptors (Lipinski definition) is 4. The van der Waals surface area contributed by atoms with E-state index in [1.807, 2.05) is 24.3 Å². The van der Waals surface area contributed by atoms with Crippen LogP contribution in [0.5, 0.6) is 5.75 Å². The zero-order valence-corrected chi connectivity index (χ0v) is 9.94. The molecule has 0 spiro atoms. The second kappa shape index (κ2) is 4.75. The van der Waals surface area contributed by atoms with Crippen LogP contribution in [0.25, 0.3) is 0 Å². The standard InChI is InChI=1S/C13H17NO3/c1-16-11-6-3-2-5-10(11)9-17-12(15)13(14)7-4-8-13/h2-3,5-6H,4,7-9,14H2,1H3. The summed E-state index contributed by atoms with van der Waals surface area (Å²) in [7, 11) is 1.59. The summed E-state index contributed by atoms with van der Waals surface area (Å²) in [6.45, 7) is 0.210. The van der Waals surface area contributed by atoms with E-state index in [2.05, 4.69) is 0 Å². The van der Waals surface area contributed by atoms with Crippen molar-refractivity contribution in [2.75, 3.05) is 7.11 Å². The van der Waals surface area contributed by atoms with Crippen molar-refractivity contribution in [2.45, 2.75) is 31.4 Å². The molecule has 4 nitrogen and oxygen atoms in total. The quantitative estimate of drug-likeness (QED) is 0.805. The van der Waals surface area contributed by atoms with Gasteiger partial charge in [0.25, 0.3) is 0 Å². The van der Waals surface area contributed by atoms with Crippen LogP contribution in [0.1, 0.15) is 24.8 Å². The van der Waals surface area contributed by atoms with Gasteiger partial charge >= 0.3 is 5.97 Å². The summed E-state index contributed by atoms with van der Waals surface area (Å²) in [4.78, 5) is 11.7. The highest BCUT2D eigenvalue weighted by Crippen LogP contribution is 2.30. The predicted octanol–water partition coefficient (Wildman–Crippen LogP) is 1.62. The van der Waals surface area contributed by atoms with E-state index in [0.717, 1.165) is 30.6 Å². The maximum absolute atomic E-state index is 11.7. The van der Waals surface area contributed by atoms with E-state index in [-0.39, 0.29) is 12.6 Å². The number of esters is 1. The molecular formula is C13H17NO3. The Balaban J connectivity index is 1.95. The Hall–Kier alpha value is -1.55. The summed E-state index contributed by atoms with van der Waals surface area (Å²) < 4.78 is 10.4. The van der Waals surface area contributed by atoms with E-state index in [0.29, 0.717) is 0 Å². The molecule has 0 aliphatic heterocycles. The van der Waals surface area contributed by atoms with Crippen LogP contribution in [-0.4, -0.2) is 18.6 Å². The molecule has 1 aliphatic rings. The zero-order chi connectivity index (χ0) is 12.3. The predicted molar refractivity (Wildman–Crippen MR) is 63.6 cm³/mol. The number of methoxy groups -OCH3 is 1. The minimum atomic E-state index is -0.748. The highest BCUT2D eigenvalue weighted by molar-refractivity contribution is 5.81. The summed E-state index contributed by atoms with van der Waals surface area (Å²) in [5, 5.41) is 0. The molecule has 0 bridgehead atoms. The Labute approximate surface area is 101 Å². The van der Waals surface area contributed by atoms with Gasteiger partial charge in [-0.2, -0.15) is 0 Å². The van der Waals surface area contributed by atoms with Crippen molar-refractivity contribution >= 4 is 5.97 Å². The fourth-order valence-corrected chi connectivity index (χ4v) is 1.87. The molecule has 2 N–H and O–H groups in total. The van der Waals surface area contributed by atoms with Gasteiger partial charge in [0.15, 0.2) is 0 Å². The number of para-hydroxylation sites is 1. The number of nitrogens with two attached hydrogens (primary N) is 1. The third-order valence-corrected chi connectivity index (χ3v) is 3.20. The number of benzene rings is 1. The second-order valence-corrected chi connectivity index (χ2v) is 4.40. The molecule has 92 valence electrons. The maximum atomic E-state index is 11.7. The van der Waals surface area contributed by atoms with Gasteiger partial charge in [0.2, 0.25) is 0 Å². The Morgan fingerprint density at radius 2 is 2.12 bits per heavy atom. The SMILES string of the molecule is COc1ccccc1COC(=O)C1(N)CCC1. The highest BCUT2D eigenvalue weighted by Gasteiger charge is 2.41. The number of carbonyl (C=O) groups is 1. The van der Waals surface area contributed by atoms with Crippen LogP contribution in [0.4, 0.5) is 0 Å². The lowest BCUT2D eigenvalue weighted by molar-refractivity contribution is -0.155. The summed E-state index contributed by atoms with van der Waals surface area (Å²) in [5.41, 5.74) is 5.98. The summed E-state index contributed by atoms with van der Waals surface area (Å²) in [6, 6.07) is 7.47. The van der Waals surface area contributed by atoms with Gasteiger partial charge in [-0.3, -0.25) is 4.79 Å². The van der Waals surface area contributed by atoms with Crippen LogP contribution in [0.3, 0.4) is 0 Å². The third kappa shape index (κ3) is 2.42. The minimum absolute atomic E-state index is 0.210. The molecule has 1 aliphatic carbocycles. The Morgan fingerprint density at radius 3 is 2.71 bits per heavy atom. The van der Waals surface area contributed by atoms with E-state index in [9.17, 15) is 4.79 Å². The van der Waals surface area contributed by atoms with E-state index in [1.165, 1.54) is 0 Å². The Bertz CT molecular complexity index is 413. The maximum Gasteiger partial charge on any atom is 0.326 e. The molecule has 0 aromatic heterocycles. The zero-order valence-electron chi connectivity index (χ0n) is 9.94. The number of rotatable bonds is 4. The fourth-order valence-electron chi connectivity index (χ4n) is 1.87. The van der Waals surface area contributed by atoms with Crippen molar-refractivity contribution in [3.8, 4) is 5.75 Å². The minimum Gasteiger partial charge on any atom is -0.496 e. The van der Waals surface area contributed by atoms with Gasteiger partial charge in [-0.05, 0) is 25.3 Å². The first-order valence-electron chi connectivity index (χ1n) is 5.74. The lowest BCUT2D eigenvalue weighted by Gasteiger charge is -2.35. The largest absolute Gasteiger partial charge is 0.496 e. The molecule has 17 heavy (non-hydrogen) atoms. The van der Waals surface area contributed by atoms with Gasteiger partial charge < -0.3 is 15.2 Å². The molecule has 0 heterocycles. The first-order valence-corrected chi connectivity index (χ1v) is 5.74. The fraction of sp³-hybridized carbons (Fsp3) is 0.462. The molecule has 0 unspecified atom stereocenters. The molecule has 2 rings (SSSR count). The average molecular weight is 235 g/mol. The molecule has 0 radical (unpaired) electrons. The molecule has 4 heteroatoms. The average Bonchev–Trinajstić information content (AvgIpc) is 2.33. The van der Waals surface area contributed by atoms with E-state index < -0.39 is 5.54 Å². The lowest BCUT2D eigenvalue weighted by Crippen LogP contribution is -2.54. The second-order valence-electron chi connectivity index (χ2n) is 4.40. The number of hydrogen-bond donors (Lipinski definition) is 1. The summed E-state index contributed by atoms with van der Waals surface area (Å²) >= 11 is 0. The van der Waals surface area contributed by atoms with Crippen molar-refractivity contribution < 1.29 is 14.3 Å². The third-order valence-electron chi connectivity index (χ3n) is 3.20. The van der Waals surface area contributed by atoms with Crippen LogP contribution in [0.15, 0.2) is 24.3 Å². The van der Waals surface area contributed by atoms with Crippen molar-refractivity contribution in [3.63, 3.8) is 0 Å². The monoisotopic (exact) mass is 235 g/mol. The van der Waals surface area contributed by atoms with Crippen LogP contribution in [-0.2, 0) is 16.1 Å². The van der Waals surface area contributed by atoms with Gasteiger partial charge in [-0.25, -0.2) is 0 Å². The molecular weight excluding hydrogens is 218 g/mol. The Morgan fingerprint density at radius 1 is 1.41 bits per heavy atom. The van der Waals surface area contributed by atoms with Crippen LogP contribution < -0.4 is 10.5 Å². The van der Waals surface area contributed by atoms with Crippen molar-refractivity contribution in [1.29, 1.82) is 0 Å². The Kier molecular flexibility index (Phi) is 3.33. The van der Waals surface area contributed by atoms with Crippen molar-refractivity contribution in [1.82, 2.24) is 0 Å². The van der Waals surface area contributed by atoms with E-state index in [1.54, 1.807) is 7.11 Å². The number of carbonyl (C=O) groups excluding carboxylic acids is 1. The molecule has 1 fully saturated rings. The van der Waals surface area contributed by atoms with Gasteiger partial charge in [-0.1, -0.05) is 18.2 Å². The van der Waals surface area contributed by atoms with Gasteiger partial charge in [0.05, 0.1) is 7.11 Å². The van der Waals surface area contributed by atoms with Gasteiger partial charge in [-0.15, -0.1) is 0 Å². The van der Waals surface area contributed by atoms with Gasteiger partial charge in [0, 0.05) is 5.56 Å². The molecule has 1 aromatic rings. The molecule has 1 aromatic carbocycles. The molecule has 1 saturated carbocycles. The molecule has 0 atom stereocenters. The summed E-state index contributed by atoms with van der Waals surface area (Å²) in [6.07, 6.45) is 2.44. The molecule has 0 saturated heterocycles. The van der Waals surface area contributed by atoms with Gasteiger partial charge in [0.1, 0.15) is 17.9 Å². The highest BCUT2D eigenvalue weighted by atomic mass is 16.5. The first kappa shape index (κ1) is 11.9. The van der Waals surface area contributed by atoms with Crippen molar-refractivity contribution in [2.24, 2.45) is 5.73 Å². The smallest absolute Gasteiger partial charge is 0.326 e. The van der Waals surface area contributed by atoms with Crippen LogP contribution >= 0.6 is 0 Å². The normalized spacial score (nSPS) is 17.1.